The Bertz CT molecular complexity index is 342. The number of nitrogens with one attached hydrogen (secondary N) is 1. The van der Waals surface area contributed by atoms with E-state index < -0.39 is 0 Å². The lowest BCUT2D eigenvalue weighted by Gasteiger charge is -2.33. The van der Waals surface area contributed by atoms with Gasteiger partial charge in [-0.05, 0) is 30.5 Å². The van der Waals surface area contributed by atoms with Crippen LogP contribution >= 0.6 is 0 Å². The predicted octanol–water partition coefficient (Wildman–Crippen LogP) is 1.41. The number of benzene rings is 1. The van der Waals surface area contributed by atoms with Crippen molar-refractivity contribution in [2.45, 2.75) is 25.4 Å². The number of rotatable bonds is 1. The van der Waals surface area contributed by atoms with Crippen molar-refractivity contribution in [3.05, 3.63) is 35.4 Å². The van der Waals surface area contributed by atoms with Gasteiger partial charge in [0.2, 0.25) is 0 Å². The molecule has 0 amide bonds. The van der Waals surface area contributed by atoms with E-state index in [1.165, 1.54) is 38.0 Å². The van der Waals surface area contributed by atoms with Crippen LogP contribution in [0.4, 0.5) is 0 Å². The third-order valence-electron chi connectivity index (χ3n) is 3.71. The Morgan fingerprint density at radius 3 is 2.87 bits per heavy atom. The molecule has 2 aliphatic heterocycles. The second-order valence-electron chi connectivity index (χ2n) is 4.64. The highest BCUT2D eigenvalue weighted by atomic mass is 15.2. The molecular formula is C13H18N2. The molecule has 1 aromatic rings. The summed E-state index contributed by atoms with van der Waals surface area (Å²) in [6, 6.07) is 9.66. The molecule has 1 N–H and O–H groups in total. The first-order chi connectivity index (χ1) is 7.43. The van der Waals surface area contributed by atoms with Crippen molar-refractivity contribution >= 4 is 0 Å². The smallest absolute Gasteiger partial charge is 0.0240 e. The first kappa shape index (κ1) is 9.37. The van der Waals surface area contributed by atoms with Gasteiger partial charge in [0.05, 0.1) is 0 Å². The Balaban J connectivity index is 1.76. The Morgan fingerprint density at radius 1 is 1.20 bits per heavy atom. The summed E-state index contributed by atoms with van der Waals surface area (Å²) in [5, 5.41) is 3.45. The van der Waals surface area contributed by atoms with Gasteiger partial charge in [-0.3, -0.25) is 4.90 Å². The normalized spacial score (nSPS) is 26.5. The van der Waals surface area contributed by atoms with Crippen molar-refractivity contribution in [1.82, 2.24) is 10.2 Å². The molecule has 3 rings (SSSR count). The van der Waals surface area contributed by atoms with Gasteiger partial charge in [-0.25, -0.2) is 0 Å². The first-order valence-electron chi connectivity index (χ1n) is 5.95. The van der Waals surface area contributed by atoms with Crippen molar-refractivity contribution < 1.29 is 0 Å². The summed E-state index contributed by atoms with van der Waals surface area (Å²) < 4.78 is 0. The van der Waals surface area contributed by atoms with Crippen LogP contribution in [0.2, 0.25) is 0 Å². The minimum absolute atomic E-state index is 0.776. The molecule has 0 saturated carbocycles. The Morgan fingerprint density at radius 2 is 2.07 bits per heavy atom. The van der Waals surface area contributed by atoms with Crippen LogP contribution in [0.5, 0.6) is 0 Å². The van der Waals surface area contributed by atoms with E-state index in [0.29, 0.717) is 0 Å². The molecule has 1 saturated heterocycles. The highest BCUT2D eigenvalue weighted by molar-refractivity contribution is 5.29. The van der Waals surface area contributed by atoms with Crippen molar-refractivity contribution in [3.63, 3.8) is 0 Å². The van der Waals surface area contributed by atoms with E-state index >= 15 is 0 Å². The summed E-state index contributed by atoms with van der Waals surface area (Å²) >= 11 is 0. The van der Waals surface area contributed by atoms with Gasteiger partial charge in [0, 0.05) is 25.7 Å². The average Bonchev–Trinajstić information content (AvgIpc) is 2.82. The molecule has 1 atom stereocenters. The van der Waals surface area contributed by atoms with Crippen LogP contribution in [0.3, 0.4) is 0 Å². The third-order valence-corrected chi connectivity index (χ3v) is 3.71. The highest BCUT2D eigenvalue weighted by Gasteiger charge is 2.25. The van der Waals surface area contributed by atoms with Crippen LogP contribution < -0.4 is 5.32 Å². The lowest BCUT2D eigenvalue weighted by Crippen LogP contribution is -2.40. The van der Waals surface area contributed by atoms with E-state index in [0.717, 1.165) is 12.6 Å². The Labute approximate surface area is 91.3 Å². The van der Waals surface area contributed by atoms with E-state index in [1.54, 1.807) is 5.56 Å². The molecule has 2 heterocycles. The Hall–Kier alpha value is -0.860. The molecule has 2 nitrogen and oxygen atoms in total. The van der Waals surface area contributed by atoms with Gasteiger partial charge in [-0.1, -0.05) is 24.3 Å². The molecule has 1 fully saturated rings. The molecule has 0 radical (unpaired) electrons. The van der Waals surface area contributed by atoms with E-state index in [-0.39, 0.29) is 0 Å². The minimum atomic E-state index is 0.776. The van der Waals surface area contributed by atoms with Crippen LogP contribution in [0.15, 0.2) is 24.3 Å². The second kappa shape index (κ2) is 3.95. The minimum Gasteiger partial charge on any atom is -0.315 e. The maximum Gasteiger partial charge on any atom is 0.0240 e. The van der Waals surface area contributed by atoms with Gasteiger partial charge in [0.15, 0.2) is 0 Å². The zero-order valence-corrected chi connectivity index (χ0v) is 9.08. The zero-order valence-electron chi connectivity index (χ0n) is 9.08. The van der Waals surface area contributed by atoms with Gasteiger partial charge in [0.25, 0.3) is 0 Å². The summed E-state index contributed by atoms with van der Waals surface area (Å²) in [4.78, 5) is 2.64. The fourth-order valence-electron chi connectivity index (χ4n) is 2.78. The van der Waals surface area contributed by atoms with Crippen molar-refractivity contribution in [1.29, 1.82) is 0 Å². The topological polar surface area (TPSA) is 15.3 Å². The number of fused-ring (bicyclic) bond motifs is 1. The molecule has 0 unspecified atom stereocenters. The molecular weight excluding hydrogens is 184 g/mol. The Kier molecular flexibility index (Phi) is 2.47. The highest BCUT2D eigenvalue weighted by Crippen LogP contribution is 2.21. The SMILES string of the molecule is c1ccc2c(c1)CCN([C@H]1CCNC1)C2. The van der Waals surface area contributed by atoms with Crippen molar-refractivity contribution in [3.8, 4) is 0 Å². The van der Waals surface area contributed by atoms with Gasteiger partial charge >= 0.3 is 0 Å². The molecule has 0 aromatic heterocycles. The summed E-state index contributed by atoms with van der Waals surface area (Å²) in [7, 11) is 0. The van der Waals surface area contributed by atoms with Crippen molar-refractivity contribution in [2.75, 3.05) is 19.6 Å². The second-order valence-corrected chi connectivity index (χ2v) is 4.64. The number of hydrogen-bond donors (Lipinski definition) is 1. The fourth-order valence-corrected chi connectivity index (χ4v) is 2.78. The third kappa shape index (κ3) is 1.80. The van der Waals surface area contributed by atoms with Crippen LogP contribution in [0, 0.1) is 0 Å². The largest absolute Gasteiger partial charge is 0.315 e. The van der Waals surface area contributed by atoms with Gasteiger partial charge in [0.1, 0.15) is 0 Å². The fraction of sp³-hybridized carbons (Fsp3) is 0.538. The summed E-state index contributed by atoms with van der Waals surface area (Å²) in [6.45, 7) is 4.77. The van der Waals surface area contributed by atoms with E-state index in [9.17, 15) is 0 Å². The van der Waals surface area contributed by atoms with E-state index in [1.807, 2.05) is 0 Å². The predicted molar refractivity (Wildman–Crippen MR) is 61.8 cm³/mol. The molecule has 0 spiro atoms. The monoisotopic (exact) mass is 202 g/mol. The standard InChI is InChI=1S/C13H18N2/c1-2-4-12-10-15(8-6-11(12)3-1)13-5-7-14-9-13/h1-4,13-14H,5-10H2/t13-/m0/s1. The van der Waals surface area contributed by atoms with Crippen LogP contribution in [-0.2, 0) is 13.0 Å². The van der Waals surface area contributed by atoms with Gasteiger partial charge in [-0.15, -0.1) is 0 Å². The van der Waals surface area contributed by atoms with Crippen LogP contribution in [-0.4, -0.2) is 30.6 Å². The zero-order chi connectivity index (χ0) is 10.1. The quantitative estimate of drug-likeness (QED) is 0.740. The molecule has 15 heavy (non-hydrogen) atoms. The number of hydrogen-bond acceptors (Lipinski definition) is 2. The lowest BCUT2D eigenvalue weighted by molar-refractivity contribution is 0.190. The maximum atomic E-state index is 3.45. The molecule has 1 aromatic carbocycles. The van der Waals surface area contributed by atoms with Crippen LogP contribution in [0.25, 0.3) is 0 Å². The first-order valence-corrected chi connectivity index (χ1v) is 5.95. The molecule has 0 aliphatic carbocycles. The van der Waals surface area contributed by atoms with E-state index in [4.69, 9.17) is 0 Å². The lowest BCUT2D eigenvalue weighted by atomic mass is 9.98. The molecule has 2 aliphatic rings. The molecule has 0 bridgehead atoms. The van der Waals surface area contributed by atoms with Crippen molar-refractivity contribution in [2.24, 2.45) is 0 Å². The maximum absolute atomic E-state index is 3.45. The van der Waals surface area contributed by atoms with Gasteiger partial charge < -0.3 is 5.32 Å². The molecule has 80 valence electrons. The van der Waals surface area contributed by atoms with Crippen LogP contribution in [0.1, 0.15) is 17.5 Å². The number of nitrogens with zero attached hydrogens (tertiary/aromatic N) is 1. The average molecular weight is 202 g/mol. The summed E-state index contributed by atoms with van der Waals surface area (Å²) in [5.74, 6) is 0. The summed E-state index contributed by atoms with van der Waals surface area (Å²) in [6.07, 6.45) is 2.55. The van der Waals surface area contributed by atoms with E-state index in [2.05, 4.69) is 34.5 Å². The van der Waals surface area contributed by atoms with Gasteiger partial charge in [-0.2, -0.15) is 0 Å². The summed E-state index contributed by atoms with van der Waals surface area (Å²) in [5.41, 5.74) is 3.09. The molecule has 2 heteroatoms.